The summed E-state index contributed by atoms with van der Waals surface area (Å²) in [6, 6.07) is 18.1. The van der Waals surface area contributed by atoms with Gasteiger partial charge in [-0.1, -0.05) is 15.9 Å². The average molecular weight is 255 g/mol. The predicted molar refractivity (Wildman–Crippen MR) is 59.5 cm³/mol. The van der Waals surface area contributed by atoms with Crippen LogP contribution in [0.1, 0.15) is 0 Å². The van der Waals surface area contributed by atoms with Crippen molar-refractivity contribution < 1.29 is 23.6 Å². The third-order valence-electron chi connectivity index (χ3n) is 1.74. The summed E-state index contributed by atoms with van der Waals surface area (Å²) in [4.78, 5) is 0. The quantitative estimate of drug-likeness (QED) is 0.575. The number of ether oxygens (including phenoxy) is 1. The Morgan fingerprint density at radius 2 is 1.40 bits per heavy atom. The molecule has 0 atom stereocenters. The van der Waals surface area contributed by atoms with Crippen molar-refractivity contribution in [2.45, 2.75) is 0 Å². The Hall–Kier alpha value is -0.683. The Balaban J connectivity index is 0.00000112. The first-order valence-electron chi connectivity index (χ1n) is 4.24. The first-order chi connectivity index (χ1) is 6.84. The van der Waals surface area contributed by atoms with Gasteiger partial charge in [0.15, 0.2) is 0 Å². The van der Waals surface area contributed by atoms with E-state index in [0.717, 1.165) is 16.0 Å². The van der Waals surface area contributed by atoms with Crippen molar-refractivity contribution in [3.63, 3.8) is 0 Å². The zero-order valence-corrected chi connectivity index (χ0v) is 9.99. The van der Waals surface area contributed by atoms with Gasteiger partial charge >= 0.3 is 18.9 Å². The fourth-order valence-corrected chi connectivity index (χ4v) is 1.34. The monoisotopic (exact) mass is 254 g/mol. The zero-order chi connectivity index (χ0) is 9.80. The second kappa shape index (κ2) is 6.02. The van der Waals surface area contributed by atoms with Gasteiger partial charge in [0, 0.05) is 10.2 Å². The molecule has 0 spiro atoms. The molecule has 0 fully saturated rings. The summed E-state index contributed by atoms with van der Waals surface area (Å²) in [5, 5.41) is 0. The molecule has 0 N–H and O–H groups in total. The minimum atomic E-state index is 0. The first kappa shape index (κ1) is 12.4. The van der Waals surface area contributed by atoms with Crippen LogP contribution in [0.5, 0.6) is 11.5 Å². The third-order valence-corrected chi connectivity index (χ3v) is 2.27. The Labute approximate surface area is 110 Å². The maximum Gasteiger partial charge on any atom is 1.00 e. The van der Waals surface area contributed by atoms with Crippen LogP contribution in [0.15, 0.2) is 53.0 Å². The van der Waals surface area contributed by atoms with Gasteiger partial charge < -0.3 is 4.74 Å². The van der Waals surface area contributed by atoms with E-state index in [4.69, 9.17) is 4.74 Å². The molecule has 2 rings (SSSR count). The van der Waals surface area contributed by atoms with Crippen molar-refractivity contribution in [3.8, 4) is 11.5 Å². The Kier molecular flexibility index (Phi) is 4.97. The summed E-state index contributed by atoms with van der Waals surface area (Å²) >= 11 is 3.37. The molecular weight excluding hydrogens is 247 g/mol. The van der Waals surface area contributed by atoms with Crippen molar-refractivity contribution >= 4 is 15.9 Å². The summed E-state index contributed by atoms with van der Waals surface area (Å²) in [6.45, 7) is 0. The SMILES string of the molecule is Brc1ccc(Oc2cc[c-]cc2)cc1.[Li+]. The molecule has 0 aliphatic rings. The smallest absolute Gasteiger partial charge is 0.483 e. The minimum Gasteiger partial charge on any atom is -0.483 e. The molecule has 0 saturated carbocycles. The van der Waals surface area contributed by atoms with Crippen molar-refractivity contribution in [1.29, 1.82) is 0 Å². The van der Waals surface area contributed by atoms with Gasteiger partial charge in [-0.2, -0.15) is 18.2 Å². The molecule has 0 heterocycles. The van der Waals surface area contributed by atoms with Gasteiger partial charge in [0.05, 0.1) is 0 Å². The second-order valence-corrected chi connectivity index (χ2v) is 3.71. The fraction of sp³-hybridized carbons (Fsp3) is 0. The van der Waals surface area contributed by atoms with E-state index in [1.54, 1.807) is 0 Å². The van der Waals surface area contributed by atoms with E-state index in [0.29, 0.717) is 0 Å². The molecule has 0 aliphatic heterocycles. The van der Waals surface area contributed by atoms with Crippen molar-refractivity contribution in [3.05, 3.63) is 59.1 Å². The Morgan fingerprint density at radius 3 is 2.00 bits per heavy atom. The number of hydrogen-bond donors (Lipinski definition) is 0. The van der Waals surface area contributed by atoms with Crippen LogP contribution in [0.25, 0.3) is 0 Å². The molecule has 15 heavy (non-hydrogen) atoms. The molecule has 0 radical (unpaired) electrons. The summed E-state index contributed by atoms with van der Waals surface area (Å²) in [6.07, 6.45) is 0. The minimum absolute atomic E-state index is 0. The van der Waals surface area contributed by atoms with Gasteiger partial charge in [-0.3, -0.25) is 0 Å². The average Bonchev–Trinajstić information content (AvgIpc) is 2.23. The number of rotatable bonds is 2. The van der Waals surface area contributed by atoms with E-state index in [2.05, 4.69) is 22.0 Å². The van der Waals surface area contributed by atoms with Crippen molar-refractivity contribution in [2.24, 2.45) is 0 Å². The van der Waals surface area contributed by atoms with E-state index < -0.39 is 0 Å². The van der Waals surface area contributed by atoms with E-state index in [-0.39, 0.29) is 18.9 Å². The molecule has 1 nitrogen and oxygen atoms in total. The zero-order valence-electron chi connectivity index (χ0n) is 8.41. The molecule has 0 aromatic heterocycles. The van der Waals surface area contributed by atoms with Crippen LogP contribution >= 0.6 is 15.9 Å². The van der Waals surface area contributed by atoms with Crippen LogP contribution in [-0.2, 0) is 0 Å². The van der Waals surface area contributed by atoms with E-state index in [9.17, 15) is 0 Å². The van der Waals surface area contributed by atoms with Crippen LogP contribution in [-0.4, -0.2) is 0 Å². The largest absolute Gasteiger partial charge is 1.00 e. The molecule has 0 bridgehead atoms. The number of benzene rings is 2. The predicted octanol–water partition coefficient (Wildman–Crippen LogP) is 1.05. The molecule has 2 aromatic carbocycles. The van der Waals surface area contributed by atoms with Gasteiger partial charge in [0.25, 0.3) is 0 Å². The fourth-order valence-electron chi connectivity index (χ4n) is 1.08. The second-order valence-electron chi connectivity index (χ2n) is 2.79. The van der Waals surface area contributed by atoms with Crippen LogP contribution in [0.2, 0.25) is 0 Å². The van der Waals surface area contributed by atoms with Gasteiger partial charge in [-0.15, -0.1) is 12.1 Å². The maximum atomic E-state index is 5.59. The molecular formula is C12H8BrLiO. The topological polar surface area (TPSA) is 9.23 Å². The van der Waals surface area contributed by atoms with Crippen molar-refractivity contribution in [2.75, 3.05) is 0 Å². The Bertz CT molecular complexity index is 400. The molecule has 3 heteroatoms. The summed E-state index contributed by atoms with van der Waals surface area (Å²) in [5.41, 5.74) is 0. The standard InChI is InChI=1S/C12H8BrO.Li/c13-10-6-8-12(9-7-10)14-11-4-2-1-3-5-11;/h2-9H;/q-1;+1. The van der Waals surface area contributed by atoms with Crippen LogP contribution in [0, 0.1) is 6.07 Å². The van der Waals surface area contributed by atoms with Crippen LogP contribution in [0.4, 0.5) is 0 Å². The molecule has 0 aliphatic carbocycles. The summed E-state index contributed by atoms with van der Waals surface area (Å²) in [5.74, 6) is 1.66. The molecule has 0 saturated heterocycles. The number of hydrogen-bond acceptors (Lipinski definition) is 1. The van der Waals surface area contributed by atoms with Gasteiger partial charge in [0.1, 0.15) is 5.75 Å². The normalized spacial score (nSPS) is 9.13. The van der Waals surface area contributed by atoms with Gasteiger partial charge in [0.2, 0.25) is 0 Å². The summed E-state index contributed by atoms with van der Waals surface area (Å²) in [7, 11) is 0. The number of halogens is 1. The maximum absolute atomic E-state index is 5.59. The Morgan fingerprint density at radius 1 is 0.867 bits per heavy atom. The first-order valence-corrected chi connectivity index (χ1v) is 5.03. The van der Waals surface area contributed by atoms with Crippen molar-refractivity contribution in [1.82, 2.24) is 0 Å². The molecule has 0 unspecified atom stereocenters. The van der Waals surface area contributed by atoms with E-state index in [1.807, 2.05) is 48.5 Å². The molecule has 0 amide bonds. The van der Waals surface area contributed by atoms with Gasteiger partial charge in [-0.25, -0.2) is 0 Å². The van der Waals surface area contributed by atoms with E-state index in [1.165, 1.54) is 0 Å². The van der Waals surface area contributed by atoms with E-state index >= 15 is 0 Å². The van der Waals surface area contributed by atoms with Crippen LogP contribution < -0.4 is 23.6 Å². The molecule has 70 valence electrons. The third kappa shape index (κ3) is 3.75. The summed E-state index contributed by atoms with van der Waals surface area (Å²) < 4.78 is 6.64. The van der Waals surface area contributed by atoms with Gasteiger partial charge in [-0.05, 0) is 24.3 Å². The molecule has 2 aromatic rings. The van der Waals surface area contributed by atoms with Crippen LogP contribution in [0.3, 0.4) is 0 Å².